The molecule has 0 amide bonds. The SMILES string of the molecule is FC(Oc1c(F)cc(F)cc1F)=C(F)C(F)(F)C(F)(F)C(F)(F)C(F)(F)C(F)(F)C(F)(F)C(F)(F)F. The van der Waals surface area contributed by atoms with E-state index in [9.17, 15) is 87.8 Å². The van der Waals surface area contributed by atoms with Gasteiger partial charge in [0.25, 0.3) is 0 Å². The monoisotopic (exact) mass is 578 g/mol. The zero-order valence-corrected chi connectivity index (χ0v) is 15.6. The summed E-state index contributed by atoms with van der Waals surface area (Å²) in [4.78, 5) is 0. The molecule has 0 aliphatic carbocycles. The maximum absolute atomic E-state index is 13.5. The van der Waals surface area contributed by atoms with Gasteiger partial charge in [-0.1, -0.05) is 0 Å². The lowest BCUT2D eigenvalue weighted by Gasteiger charge is -2.41. The largest absolute Gasteiger partial charge is 0.460 e. The molecule has 0 atom stereocenters. The van der Waals surface area contributed by atoms with Gasteiger partial charge in [0.15, 0.2) is 11.6 Å². The first kappa shape index (κ1) is 31.4. The van der Waals surface area contributed by atoms with Crippen molar-refractivity contribution in [1.82, 2.24) is 0 Å². The number of rotatable bonds is 8. The Bertz CT molecular complexity index is 995. The molecule has 0 aliphatic rings. The topological polar surface area (TPSA) is 9.23 Å². The average molecular weight is 578 g/mol. The molecule has 0 spiro atoms. The van der Waals surface area contributed by atoms with Gasteiger partial charge in [-0.25, -0.2) is 13.2 Å². The van der Waals surface area contributed by atoms with Crippen LogP contribution in [0, 0.1) is 17.5 Å². The van der Waals surface area contributed by atoms with Gasteiger partial charge in [-0.15, -0.1) is 0 Å². The summed E-state index contributed by atoms with van der Waals surface area (Å²) in [7, 11) is 0. The van der Waals surface area contributed by atoms with Gasteiger partial charge in [0.1, 0.15) is 5.82 Å². The number of hydrogen-bond donors (Lipinski definition) is 0. The molecule has 0 fully saturated rings. The van der Waals surface area contributed by atoms with E-state index in [0.29, 0.717) is 0 Å². The van der Waals surface area contributed by atoms with Crippen molar-refractivity contribution in [3.8, 4) is 5.75 Å². The van der Waals surface area contributed by atoms with Crippen LogP contribution in [0.3, 0.4) is 0 Å². The van der Waals surface area contributed by atoms with Crippen molar-refractivity contribution in [3.63, 3.8) is 0 Å². The average Bonchev–Trinajstić information content (AvgIpc) is 2.68. The van der Waals surface area contributed by atoms with E-state index in [0.717, 1.165) is 0 Å². The van der Waals surface area contributed by atoms with Gasteiger partial charge < -0.3 is 4.74 Å². The molecule has 21 heteroatoms. The molecule has 0 heterocycles. The van der Waals surface area contributed by atoms with E-state index in [4.69, 9.17) is 0 Å². The van der Waals surface area contributed by atoms with Crippen LogP contribution in [0.5, 0.6) is 5.75 Å². The van der Waals surface area contributed by atoms with Crippen LogP contribution >= 0.6 is 0 Å². The quantitative estimate of drug-likeness (QED) is 0.225. The van der Waals surface area contributed by atoms with Crippen LogP contribution in [-0.2, 0) is 0 Å². The lowest BCUT2D eigenvalue weighted by atomic mass is 9.91. The van der Waals surface area contributed by atoms with Crippen LogP contribution in [0.25, 0.3) is 0 Å². The molecule has 1 rings (SSSR count). The number of allylic oxidation sites excluding steroid dienone is 1. The lowest BCUT2D eigenvalue weighted by molar-refractivity contribution is -0.451. The summed E-state index contributed by atoms with van der Waals surface area (Å²) in [6.45, 7) is 0. The van der Waals surface area contributed by atoms with E-state index in [-0.39, 0.29) is 0 Å². The summed E-state index contributed by atoms with van der Waals surface area (Å²) in [5.74, 6) is -64.8. The van der Waals surface area contributed by atoms with Gasteiger partial charge in [-0.3, -0.25) is 0 Å². The Morgan fingerprint density at radius 3 is 1.22 bits per heavy atom. The highest BCUT2D eigenvalue weighted by atomic mass is 19.4. The third-order valence-corrected chi connectivity index (χ3v) is 3.93. The molecular formula is C15H2F20O. The van der Waals surface area contributed by atoms with Crippen LogP contribution in [0.2, 0.25) is 0 Å². The molecule has 0 aliphatic heterocycles. The second kappa shape index (κ2) is 8.73. The smallest absolute Gasteiger partial charge is 0.423 e. The fourth-order valence-corrected chi connectivity index (χ4v) is 1.99. The highest BCUT2D eigenvalue weighted by Crippen LogP contribution is 2.63. The maximum atomic E-state index is 13.5. The summed E-state index contributed by atoms with van der Waals surface area (Å²) in [6.07, 6.45) is -7.87. The normalized spacial score (nSPS) is 15.7. The Kier molecular flexibility index (Phi) is 7.62. The van der Waals surface area contributed by atoms with Crippen molar-refractivity contribution in [2.24, 2.45) is 0 Å². The molecule has 0 unspecified atom stereocenters. The summed E-state index contributed by atoms with van der Waals surface area (Å²) >= 11 is 0. The highest BCUT2D eigenvalue weighted by Gasteiger charge is 2.93. The van der Waals surface area contributed by atoms with Crippen LogP contribution < -0.4 is 4.74 Å². The van der Waals surface area contributed by atoms with Gasteiger partial charge >= 0.3 is 47.7 Å². The Labute approximate surface area is 182 Å². The number of hydrogen-bond acceptors (Lipinski definition) is 1. The zero-order valence-electron chi connectivity index (χ0n) is 15.6. The summed E-state index contributed by atoms with van der Waals surface area (Å²) in [5.41, 5.74) is 0. The van der Waals surface area contributed by atoms with E-state index < -0.39 is 88.9 Å². The van der Waals surface area contributed by atoms with Gasteiger partial charge in [0, 0.05) is 12.1 Å². The Morgan fingerprint density at radius 2 is 0.861 bits per heavy atom. The summed E-state index contributed by atoms with van der Waals surface area (Å²) in [5, 5.41) is 0. The third kappa shape index (κ3) is 4.37. The van der Waals surface area contributed by atoms with Crippen molar-refractivity contribution in [2.75, 3.05) is 0 Å². The Balaban J connectivity index is 3.65. The first-order valence-electron chi connectivity index (χ1n) is 7.84. The molecule has 0 radical (unpaired) electrons. The van der Waals surface area contributed by atoms with Crippen molar-refractivity contribution in [2.45, 2.75) is 41.7 Å². The fraction of sp³-hybridized carbons (Fsp3) is 0.467. The first-order valence-corrected chi connectivity index (χ1v) is 7.84. The van der Waals surface area contributed by atoms with E-state index in [1.165, 1.54) is 0 Å². The van der Waals surface area contributed by atoms with Gasteiger partial charge in [-0.2, -0.15) is 74.6 Å². The van der Waals surface area contributed by atoms with Gasteiger partial charge in [0.2, 0.25) is 11.6 Å². The molecule has 0 saturated carbocycles. The summed E-state index contributed by atoms with van der Waals surface area (Å²) < 4.78 is 264. The predicted molar refractivity (Wildman–Crippen MR) is 71.9 cm³/mol. The second-order valence-electron chi connectivity index (χ2n) is 6.33. The van der Waals surface area contributed by atoms with Gasteiger partial charge in [0.05, 0.1) is 0 Å². The predicted octanol–water partition coefficient (Wildman–Crippen LogP) is 7.96. The number of ether oxygens (including phenoxy) is 1. The molecule has 36 heavy (non-hydrogen) atoms. The van der Waals surface area contributed by atoms with Crippen LogP contribution in [0.4, 0.5) is 87.8 Å². The standard InChI is InChI=1S/C15H2F20O/c16-3-1-4(17)6(5(18)2-3)36-8(20)7(19)9(21,22)10(23,24)11(25,26)12(27,28)13(29,30)14(31,32)15(33,34)35/h1-2H. The van der Waals surface area contributed by atoms with Gasteiger partial charge in [-0.05, 0) is 0 Å². The minimum absolute atomic E-state index is 0.450. The van der Waals surface area contributed by atoms with Crippen LogP contribution in [0.1, 0.15) is 0 Å². The highest BCUT2D eigenvalue weighted by molar-refractivity contribution is 5.29. The number of halogens is 20. The summed E-state index contributed by atoms with van der Waals surface area (Å²) in [6, 6.07) is -4.97. The Hall–Kier alpha value is -2.64. The molecule has 0 saturated heterocycles. The minimum atomic E-state index is -8.78. The molecule has 208 valence electrons. The van der Waals surface area contributed by atoms with Crippen LogP contribution in [0.15, 0.2) is 24.0 Å². The molecule has 1 aromatic carbocycles. The lowest BCUT2D eigenvalue weighted by Crippen LogP contribution is -2.72. The molecule has 0 aromatic heterocycles. The third-order valence-electron chi connectivity index (χ3n) is 3.93. The first-order chi connectivity index (χ1) is 15.6. The fourth-order valence-electron chi connectivity index (χ4n) is 1.99. The Morgan fingerprint density at radius 1 is 0.528 bits per heavy atom. The molecule has 0 bridgehead atoms. The van der Waals surface area contributed by atoms with Crippen molar-refractivity contribution in [1.29, 1.82) is 0 Å². The van der Waals surface area contributed by atoms with E-state index in [1.807, 2.05) is 0 Å². The second-order valence-corrected chi connectivity index (χ2v) is 6.33. The van der Waals surface area contributed by atoms with E-state index >= 15 is 0 Å². The van der Waals surface area contributed by atoms with Crippen LogP contribution in [-0.4, -0.2) is 41.7 Å². The van der Waals surface area contributed by atoms with Crippen molar-refractivity contribution >= 4 is 0 Å². The molecule has 1 nitrogen and oxygen atoms in total. The van der Waals surface area contributed by atoms with Crippen molar-refractivity contribution in [3.05, 3.63) is 41.4 Å². The van der Waals surface area contributed by atoms with E-state index in [2.05, 4.69) is 4.74 Å². The molecular weight excluding hydrogens is 576 g/mol. The zero-order chi connectivity index (χ0) is 29.1. The number of benzene rings is 1. The van der Waals surface area contributed by atoms with E-state index in [1.54, 1.807) is 0 Å². The minimum Gasteiger partial charge on any atom is -0.423 e. The number of alkyl halides is 15. The maximum Gasteiger partial charge on any atom is 0.460 e. The van der Waals surface area contributed by atoms with Crippen molar-refractivity contribution < 1.29 is 92.5 Å². The molecule has 0 N–H and O–H groups in total. The molecule has 1 aromatic rings.